The number of hydrogen-bond acceptors (Lipinski definition) is 25. The van der Waals surface area contributed by atoms with E-state index in [2.05, 4.69) is 106 Å². The predicted octanol–water partition coefficient (Wildman–Crippen LogP) is 14.8. The van der Waals surface area contributed by atoms with E-state index in [1.54, 1.807) is 128 Å². The molecule has 28 nitrogen and oxygen atoms in total. The van der Waals surface area contributed by atoms with E-state index in [1.807, 2.05) is 18.2 Å². The summed E-state index contributed by atoms with van der Waals surface area (Å²) in [7, 11) is 0. The number of phenols is 1. The molecule has 6 aliphatic heterocycles. The number of halogens is 2. The van der Waals surface area contributed by atoms with Crippen molar-refractivity contribution in [3.63, 3.8) is 0 Å². The SMILES string of the molecule is C1CCOCC1.NC1CCC(Oc2cc(N3CCOCC3)cc3nccnc23)CC1.O=C1c2ccccc2C(=O)N1C1CCC(O)CC1.O=C1c2ccccc2C(=O)N1C1CCC(Oc2cc(Br)cc3nccnc23)CC1.O=C1c2ccccc2C(=O)N1C1CCC(Oc2cc(N3CCOCC3)cc3nccnc23)CC1.Oc1cc(Br)cc2nccnc12. The van der Waals surface area contributed by atoms with Crippen LogP contribution >= 0.6 is 31.9 Å². The molecule has 11 aromatic rings. The fourth-order valence-electron chi connectivity index (χ4n) is 17.6. The number of aliphatic hydroxyl groups excluding tert-OH is 1. The molecule has 10 heterocycles. The molecule has 123 heavy (non-hydrogen) atoms. The van der Waals surface area contributed by atoms with Crippen molar-refractivity contribution in [3.05, 3.63) is 213 Å². The van der Waals surface area contributed by atoms with Crippen molar-refractivity contribution in [1.82, 2.24) is 54.6 Å². The number of imide groups is 3. The van der Waals surface area contributed by atoms with Gasteiger partial charge in [0.1, 0.15) is 45.1 Å². The Morgan fingerprint density at radius 3 is 0.976 bits per heavy atom. The quantitative estimate of drug-likeness (QED) is 0.101. The van der Waals surface area contributed by atoms with Crippen molar-refractivity contribution >= 4 is 123 Å². The second-order valence-corrected chi connectivity index (χ2v) is 33.9. The number of fused-ring (bicyclic) bond motifs is 7. The van der Waals surface area contributed by atoms with E-state index in [0.29, 0.717) is 95.1 Å². The van der Waals surface area contributed by atoms with Crippen LogP contribution in [-0.2, 0) is 14.2 Å². The van der Waals surface area contributed by atoms with E-state index in [0.717, 1.165) is 195 Å². The minimum atomic E-state index is -0.281. The van der Waals surface area contributed by atoms with Crippen molar-refractivity contribution in [3.8, 4) is 23.0 Å². The number of nitrogens with two attached hydrogens (primary N) is 1. The van der Waals surface area contributed by atoms with Gasteiger partial charge in [-0.1, -0.05) is 68.3 Å². The van der Waals surface area contributed by atoms with Crippen molar-refractivity contribution in [2.24, 2.45) is 5.73 Å². The molecule has 4 aromatic heterocycles. The fraction of sp³-hybridized carbons (Fsp3) is 0.398. The van der Waals surface area contributed by atoms with Gasteiger partial charge in [-0.25, -0.2) is 19.9 Å². The van der Waals surface area contributed by atoms with Gasteiger partial charge in [-0.2, -0.15) is 0 Å². The van der Waals surface area contributed by atoms with Gasteiger partial charge in [0, 0.05) is 146 Å². The molecule has 7 fully saturated rings. The minimum Gasteiger partial charge on any atom is -0.506 e. The van der Waals surface area contributed by atoms with Gasteiger partial charge in [0.05, 0.1) is 106 Å². The van der Waals surface area contributed by atoms with Gasteiger partial charge in [0.2, 0.25) is 0 Å². The number of rotatable bonds is 11. The monoisotopic (exact) mass is 1790 g/mol. The highest BCUT2D eigenvalue weighted by atomic mass is 79.9. The van der Waals surface area contributed by atoms with E-state index in [4.69, 9.17) is 34.2 Å². The first-order chi connectivity index (χ1) is 60.0. The summed E-state index contributed by atoms with van der Waals surface area (Å²) in [6.45, 7) is 8.37. The molecule has 0 atom stereocenters. The van der Waals surface area contributed by atoms with E-state index >= 15 is 0 Å². The van der Waals surface area contributed by atoms with Crippen molar-refractivity contribution < 1.29 is 67.4 Å². The normalized spacial score (nSPS) is 22.5. The van der Waals surface area contributed by atoms with Crippen LogP contribution in [0.1, 0.15) is 184 Å². The molecule has 4 N–H and O–H groups in total. The zero-order valence-electron chi connectivity index (χ0n) is 68.2. The van der Waals surface area contributed by atoms with Gasteiger partial charge in [-0.3, -0.25) is 63.4 Å². The summed E-state index contributed by atoms with van der Waals surface area (Å²) in [5, 5.41) is 18.9. The van der Waals surface area contributed by atoms with Crippen LogP contribution < -0.4 is 29.7 Å². The molecule has 10 aliphatic rings. The van der Waals surface area contributed by atoms with Gasteiger partial charge in [0.15, 0.2) is 0 Å². The molecule has 0 bridgehead atoms. The number of carbonyl (C=O) groups excluding carboxylic acids is 6. The molecule has 21 rings (SSSR count). The Hall–Kier alpha value is -11.1. The van der Waals surface area contributed by atoms with Crippen LogP contribution in [0, 0.1) is 0 Å². The number of aromatic nitrogens is 8. The molecule has 7 aromatic carbocycles. The molecule has 30 heteroatoms. The Balaban J connectivity index is 0.000000115. The lowest BCUT2D eigenvalue weighted by Crippen LogP contribution is -2.43. The number of anilines is 2. The zero-order chi connectivity index (χ0) is 84.9. The lowest BCUT2D eigenvalue weighted by molar-refractivity contribution is 0.0445. The predicted molar refractivity (Wildman–Crippen MR) is 469 cm³/mol. The first-order valence-electron chi connectivity index (χ1n) is 42.6. The molecule has 0 radical (unpaired) electrons. The summed E-state index contributed by atoms with van der Waals surface area (Å²) in [5.41, 5.74) is 17.3. The third-order valence-electron chi connectivity index (χ3n) is 24.0. The van der Waals surface area contributed by atoms with Crippen molar-refractivity contribution in [2.75, 3.05) is 75.6 Å². The molecule has 0 unspecified atom stereocenters. The van der Waals surface area contributed by atoms with E-state index in [1.165, 1.54) is 34.0 Å². The number of benzene rings is 7. The number of aromatic hydroxyl groups is 1. The number of hydrogen-bond donors (Lipinski definition) is 3. The Bertz CT molecular complexity index is 5520. The third-order valence-corrected chi connectivity index (χ3v) is 24.9. The van der Waals surface area contributed by atoms with Crippen LogP contribution in [0.3, 0.4) is 0 Å². The standard InChI is InChI=1S/C26H26N4O4.C22H18BrN3O3.C18H24N4O2.C14H15NO3.C8H5BrN2O.C5H10O/c31-25-20-3-1-2-4-21(20)26(32)30(25)17-5-7-19(8-6-17)34-23-16-18(29-11-13-33-14-12-29)15-22-24(23)28-10-9-27-22;23-13-11-18-20(25-10-9-24-18)19(12-13)29-15-7-5-14(6-8-15)26-21(27)16-3-1-2-4-17(16)22(26)28;19-13-1-3-15(4-2-13)24-17-12-14(22-7-9-23-10-8-22)11-16-18(17)21-6-5-20-16;16-10-7-5-9(6-8-10)15-13(17)11-3-1-2-4-12(11)14(15)18;9-5-3-6-8(7(12)4-5)11-2-1-10-6;1-2-4-6-5-3-1/h1-4,9-10,15-17,19H,5-8,11-14H2;1-4,9-12,14-15H,5-8H2;5-6,11-13,15H,1-4,7-10,19H2;1-4,9-10,16H,5-8H2;1-4,12H;1-5H2. The summed E-state index contributed by atoms with van der Waals surface area (Å²) in [4.78, 5) is 119. The smallest absolute Gasteiger partial charge is 0.261 e. The third kappa shape index (κ3) is 20.1. The summed E-state index contributed by atoms with van der Waals surface area (Å²) in [6.07, 6.45) is 29.9. The second kappa shape index (κ2) is 40.0. The van der Waals surface area contributed by atoms with Gasteiger partial charge < -0.3 is 54.2 Å². The van der Waals surface area contributed by atoms with Gasteiger partial charge in [0.25, 0.3) is 35.4 Å². The maximum atomic E-state index is 12.9. The largest absolute Gasteiger partial charge is 0.506 e. The minimum absolute atomic E-state index is 0.00317. The first kappa shape index (κ1) is 85.4. The maximum absolute atomic E-state index is 12.9. The molecule has 0 spiro atoms. The van der Waals surface area contributed by atoms with Crippen LogP contribution in [0.25, 0.3) is 44.1 Å². The highest BCUT2D eigenvalue weighted by molar-refractivity contribution is 9.10. The summed E-state index contributed by atoms with van der Waals surface area (Å²) in [5.74, 6) is 1.34. The van der Waals surface area contributed by atoms with Gasteiger partial charge in [-0.05, 0) is 195 Å². The van der Waals surface area contributed by atoms with E-state index in [9.17, 15) is 39.0 Å². The summed E-state index contributed by atoms with van der Waals surface area (Å²) < 4.78 is 36.8. The molecular weight excluding hydrogens is 1700 g/mol. The number of aliphatic hydroxyl groups is 1. The molecule has 638 valence electrons. The Kier molecular flexibility index (Phi) is 27.8. The van der Waals surface area contributed by atoms with E-state index < -0.39 is 0 Å². The van der Waals surface area contributed by atoms with Crippen LogP contribution in [0.2, 0.25) is 0 Å². The van der Waals surface area contributed by atoms with Crippen LogP contribution in [0.5, 0.6) is 23.0 Å². The molecule has 6 amide bonds. The average molecular weight is 1800 g/mol. The van der Waals surface area contributed by atoms with Crippen LogP contribution in [0.4, 0.5) is 11.4 Å². The molecular formula is C93H98Br2N14O14. The number of morpholine rings is 2. The van der Waals surface area contributed by atoms with E-state index in [-0.39, 0.29) is 83.7 Å². The van der Waals surface area contributed by atoms with Gasteiger partial charge >= 0.3 is 0 Å². The lowest BCUT2D eigenvalue weighted by Gasteiger charge is -2.34. The number of nitrogens with zero attached hydrogens (tertiary/aromatic N) is 13. The average Bonchev–Trinajstić information content (AvgIpc) is 1.53. The Labute approximate surface area is 728 Å². The number of phenolic OH excluding ortho intramolecular Hbond substituents is 1. The van der Waals surface area contributed by atoms with Crippen LogP contribution in [0.15, 0.2) is 180 Å². The first-order valence-corrected chi connectivity index (χ1v) is 44.2. The Morgan fingerprint density at radius 2 is 0.634 bits per heavy atom. The Morgan fingerprint density at radius 1 is 0.341 bits per heavy atom. The molecule has 3 saturated heterocycles. The fourth-order valence-corrected chi connectivity index (χ4v) is 18.4. The van der Waals surface area contributed by atoms with Crippen molar-refractivity contribution in [1.29, 1.82) is 0 Å². The summed E-state index contributed by atoms with van der Waals surface area (Å²) >= 11 is 6.76. The topological polar surface area (TPSA) is 344 Å². The second-order valence-electron chi connectivity index (χ2n) is 32.1. The molecule has 4 aliphatic carbocycles. The lowest BCUT2D eigenvalue weighted by atomic mass is 9.91. The highest BCUT2D eigenvalue weighted by Gasteiger charge is 2.44. The number of ether oxygens (including phenoxy) is 6. The van der Waals surface area contributed by atoms with Crippen molar-refractivity contribution in [2.45, 2.75) is 171 Å². The zero-order valence-corrected chi connectivity index (χ0v) is 71.4. The van der Waals surface area contributed by atoms with Gasteiger partial charge in [-0.15, -0.1) is 0 Å². The highest BCUT2D eigenvalue weighted by Crippen LogP contribution is 2.40. The number of amides is 6. The summed E-state index contributed by atoms with van der Waals surface area (Å²) in [6, 6.07) is 36.7. The maximum Gasteiger partial charge on any atom is 0.261 e. The van der Waals surface area contributed by atoms with Crippen LogP contribution in [-0.4, -0.2) is 215 Å². The molecule has 4 saturated carbocycles. The number of carbonyl (C=O) groups is 6.